The van der Waals surface area contributed by atoms with E-state index in [1.165, 1.54) is 176 Å². The first-order valence-electron chi connectivity index (χ1n) is 16.8. The zero-order chi connectivity index (χ0) is 27.5. The van der Waals surface area contributed by atoms with E-state index in [2.05, 4.69) is 62.7 Å². The lowest BCUT2D eigenvalue weighted by atomic mass is 10.0. The Morgan fingerprint density at radius 3 is 1.48 bits per heavy atom. The highest BCUT2D eigenvalue weighted by atomic mass is 127. The van der Waals surface area contributed by atoms with Crippen LogP contribution in [-0.4, -0.2) is 9.41 Å². The average Bonchev–Trinajstić information content (AvgIpc) is 2.97. The van der Waals surface area contributed by atoms with Gasteiger partial charge in [-0.3, -0.25) is 4.98 Å². The van der Waals surface area contributed by atoms with Crippen LogP contribution in [0.25, 0.3) is 0 Å². The molecular weight excluding hydrogens is 714 g/mol. The molecule has 2 heterocycles. The molecule has 2 aromatic heterocycles. The van der Waals surface area contributed by atoms with Crippen molar-refractivity contribution in [1.82, 2.24) is 4.98 Å². The molecule has 0 unspecified atom stereocenters. The third kappa shape index (κ3) is 22.4. The molecule has 0 aromatic carbocycles. The second-order valence-corrected chi connectivity index (χ2v) is 12.9. The molecule has 0 aliphatic carbocycles. The van der Waals surface area contributed by atoms with Crippen LogP contribution in [-0.2, 0) is 19.4 Å². The number of aromatic nitrogens is 2. The van der Waals surface area contributed by atoms with Crippen molar-refractivity contribution in [1.29, 1.82) is 0 Å². The normalized spacial score (nSPS) is 11.0. The van der Waals surface area contributed by atoms with Gasteiger partial charge in [-0.1, -0.05) is 138 Å². The molecule has 2 aromatic rings. The quantitative estimate of drug-likeness (QED) is 0.0388. The minimum absolute atomic E-state index is 0. The summed E-state index contributed by atoms with van der Waals surface area (Å²) < 4.78 is 3.76. The van der Waals surface area contributed by atoms with Crippen molar-refractivity contribution in [2.75, 3.05) is 4.43 Å². The van der Waals surface area contributed by atoms with E-state index in [1.807, 2.05) is 18.5 Å². The molecule has 4 heteroatoms. The molecule has 2 rings (SSSR count). The van der Waals surface area contributed by atoms with Crippen LogP contribution in [0.5, 0.6) is 0 Å². The largest absolute Gasteiger partial charge is 1.00 e. The number of halogens is 2. The monoisotopic (exact) mass is 774 g/mol. The summed E-state index contributed by atoms with van der Waals surface area (Å²) in [5.41, 5.74) is 2.92. The maximum Gasteiger partial charge on any atom is 0.171 e. The number of aryl methyl sites for hydroxylation is 3. The Hall–Kier alpha value is -0.240. The lowest BCUT2D eigenvalue weighted by Crippen LogP contribution is -3.00. The number of pyridine rings is 2. The van der Waals surface area contributed by atoms with Crippen LogP contribution >= 0.6 is 22.6 Å². The van der Waals surface area contributed by atoms with Gasteiger partial charge in [0.25, 0.3) is 0 Å². The van der Waals surface area contributed by atoms with Crippen LogP contribution in [0.4, 0.5) is 0 Å². The lowest BCUT2D eigenvalue weighted by Gasteiger charge is -2.04. The minimum Gasteiger partial charge on any atom is -1.00 e. The lowest BCUT2D eigenvalue weighted by molar-refractivity contribution is -0.697. The third-order valence-corrected chi connectivity index (χ3v) is 8.89. The van der Waals surface area contributed by atoms with Gasteiger partial charge in [0.15, 0.2) is 12.4 Å². The van der Waals surface area contributed by atoms with E-state index in [0.29, 0.717) is 0 Å². The highest BCUT2D eigenvalue weighted by Crippen LogP contribution is 2.14. The molecule has 0 saturated carbocycles. The summed E-state index contributed by atoms with van der Waals surface area (Å²) in [4.78, 5) is 4.21. The van der Waals surface area contributed by atoms with Gasteiger partial charge in [-0.25, -0.2) is 4.57 Å². The van der Waals surface area contributed by atoms with E-state index < -0.39 is 0 Å². The molecule has 0 N–H and O–H groups in total. The van der Waals surface area contributed by atoms with Crippen LogP contribution in [0.2, 0.25) is 0 Å². The summed E-state index contributed by atoms with van der Waals surface area (Å²) in [6.07, 6.45) is 42.0. The Kier molecular flexibility index (Phi) is 27.3. The molecule has 40 heavy (non-hydrogen) atoms. The first-order valence-corrected chi connectivity index (χ1v) is 18.3. The van der Waals surface area contributed by atoms with Crippen LogP contribution in [0.1, 0.15) is 152 Å². The van der Waals surface area contributed by atoms with Crippen LogP contribution in [0.15, 0.2) is 49.1 Å². The summed E-state index contributed by atoms with van der Waals surface area (Å²) in [5.74, 6) is 0. The number of unbranched alkanes of at least 4 members (excludes halogenated alkanes) is 20. The van der Waals surface area contributed by atoms with Gasteiger partial charge in [0.1, 0.15) is 6.54 Å². The minimum atomic E-state index is 0. The van der Waals surface area contributed by atoms with E-state index in [-0.39, 0.29) is 24.0 Å². The van der Waals surface area contributed by atoms with Crippen molar-refractivity contribution in [3.05, 3.63) is 60.2 Å². The van der Waals surface area contributed by atoms with Gasteiger partial charge in [0.05, 0.1) is 0 Å². The van der Waals surface area contributed by atoms with Crippen molar-refractivity contribution in [3.8, 4) is 0 Å². The van der Waals surface area contributed by atoms with Gasteiger partial charge in [-0.15, -0.1) is 0 Å². The van der Waals surface area contributed by atoms with Gasteiger partial charge < -0.3 is 24.0 Å². The zero-order valence-electron chi connectivity index (χ0n) is 25.7. The maximum absolute atomic E-state index is 4.21. The van der Waals surface area contributed by atoms with E-state index in [9.17, 15) is 0 Å². The fourth-order valence-electron chi connectivity index (χ4n) is 5.64. The fourth-order valence-corrected chi connectivity index (χ4v) is 6.18. The van der Waals surface area contributed by atoms with Crippen molar-refractivity contribution < 1.29 is 28.5 Å². The molecule has 228 valence electrons. The second-order valence-electron chi connectivity index (χ2n) is 11.8. The third-order valence-electron chi connectivity index (χ3n) is 8.12. The summed E-state index contributed by atoms with van der Waals surface area (Å²) >= 11 is 2.50. The summed E-state index contributed by atoms with van der Waals surface area (Å²) in [5, 5.41) is 0. The van der Waals surface area contributed by atoms with Crippen LogP contribution < -0.4 is 28.5 Å². The molecule has 2 nitrogen and oxygen atoms in total. The molecular formula is C36H60I2N2. The predicted molar refractivity (Wildman–Crippen MR) is 179 cm³/mol. The molecule has 0 aliphatic rings. The first kappa shape index (κ1) is 37.8. The van der Waals surface area contributed by atoms with Crippen LogP contribution in [0.3, 0.4) is 0 Å². The molecule has 0 fully saturated rings. The number of alkyl halides is 1. The van der Waals surface area contributed by atoms with Gasteiger partial charge in [-0.05, 0) is 60.6 Å². The molecule has 0 atom stereocenters. The highest BCUT2D eigenvalue weighted by molar-refractivity contribution is 14.1. The highest BCUT2D eigenvalue weighted by Gasteiger charge is 2.03. The standard InChI is InChI=1S/C36H60IN2.HI/c37-29-21-17-13-9-5-4-8-12-16-20-26-36-28-24-32-39(34-36)31-22-18-14-10-6-2-1-3-7-11-15-19-25-35-27-23-30-38-33-35;/h23-24,27-28,30,32-34H,1-22,25-26,29,31H2;1H/q+1;/p-1. The number of hydrogen-bond acceptors (Lipinski definition) is 1. The molecule has 0 saturated heterocycles. The van der Waals surface area contributed by atoms with Crippen molar-refractivity contribution in [3.63, 3.8) is 0 Å². The topological polar surface area (TPSA) is 16.8 Å². The van der Waals surface area contributed by atoms with Crippen molar-refractivity contribution >= 4 is 22.6 Å². The van der Waals surface area contributed by atoms with E-state index in [4.69, 9.17) is 0 Å². The Bertz CT molecular complexity index is 783. The van der Waals surface area contributed by atoms with Gasteiger partial charge in [0, 0.05) is 30.4 Å². The Balaban J connectivity index is 0.00000800. The Morgan fingerprint density at radius 2 is 0.975 bits per heavy atom. The first-order chi connectivity index (χ1) is 19.4. The number of hydrogen-bond donors (Lipinski definition) is 0. The van der Waals surface area contributed by atoms with Crippen molar-refractivity contribution in [2.24, 2.45) is 0 Å². The van der Waals surface area contributed by atoms with E-state index in [0.717, 1.165) is 0 Å². The smallest absolute Gasteiger partial charge is 0.171 e. The molecule has 0 bridgehead atoms. The summed E-state index contributed by atoms with van der Waals surface area (Å²) in [7, 11) is 0. The molecule has 0 amide bonds. The fraction of sp³-hybridized carbons (Fsp3) is 0.722. The van der Waals surface area contributed by atoms with E-state index >= 15 is 0 Å². The maximum atomic E-state index is 4.21. The van der Waals surface area contributed by atoms with E-state index in [1.54, 1.807) is 0 Å². The van der Waals surface area contributed by atoms with Gasteiger partial charge in [0.2, 0.25) is 0 Å². The molecule has 0 spiro atoms. The number of rotatable bonds is 27. The SMILES string of the molecule is ICCCCCCCCCCCCc1ccc[n+](CCCCCCCCCCCCCCc2cccnc2)c1.[I-]. The molecule has 0 aliphatic heterocycles. The van der Waals surface area contributed by atoms with Gasteiger partial charge >= 0.3 is 0 Å². The molecule has 0 radical (unpaired) electrons. The predicted octanol–water partition coefficient (Wildman–Crippen LogP) is 8.18. The van der Waals surface area contributed by atoms with Gasteiger partial charge in [-0.2, -0.15) is 0 Å². The Labute approximate surface area is 279 Å². The average molecular weight is 775 g/mol. The zero-order valence-corrected chi connectivity index (χ0v) is 30.0. The van der Waals surface area contributed by atoms with Crippen molar-refractivity contribution in [2.45, 2.75) is 161 Å². The van der Waals surface area contributed by atoms with Crippen LogP contribution in [0, 0.1) is 0 Å². The summed E-state index contributed by atoms with van der Waals surface area (Å²) in [6.45, 7) is 1.19. The Morgan fingerprint density at radius 1 is 0.525 bits per heavy atom. The number of nitrogens with zero attached hydrogens (tertiary/aromatic N) is 2. The summed E-state index contributed by atoms with van der Waals surface area (Å²) in [6, 6.07) is 8.83. The second kappa shape index (κ2) is 28.9.